The second-order valence-electron chi connectivity index (χ2n) is 2.85. The van der Waals surface area contributed by atoms with Crippen LogP contribution in [0.2, 0.25) is 0 Å². The Morgan fingerprint density at radius 1 is 1.42 bits per heavy atom. The summed E-state index contributed by atoms with van der Waals surface area (Å²) < 4.78 is 0. The van der Waals surface area contributed by atoms with Crippen molar-refractivity contribution in [3.05, 3.63) is 35.4 Å². The van der Waals surface area contributed by atoms with E-state index in [1.807, 2.05) is 19.2 Å². The molecule has 12 heavy (non-hydrogen) atoms. The van der Waals surface area contributed by atoms with Crippen molar-refractivity contribution in [3.63, 3.8) is 0 Å². The van der Waals surface area contributed by atoms with Crippen LogP contribution in [0.5, 0.6) is 0 Å². The number of nitrogens with one attached hydrogen (secondary N) is 1. The van der Waals surface area contributed by atoms with Crippen molar-refractivity contribution in [1.82, 2.24) is 5.32 Å². The topological polar surface area (TPSA) is 12.0 Å². The van der Waals surface area contributed by atoms with Crippen LogP contribution in [-0.4, -0.2) is 12.9 Å². The minimum atomic E-state index is 0.271. The van der Waals surface area contributed by atoms with Crippen LogP contribution in [0.15, 0.2) is 24.3 Å². The van der Waals surface area contributed by atoms with Gasteiger partial charge in [0.2, 0.25) is 0 Å². The smallest absolute Gasteiger partial charge is 0.0457 e. The van der Waals surface area contributed by atoms with Crippen LogP contribution in [0.3, 0.4) is 0 Å². The summed E-state index contributed by atoms with van der Waals surface area (Å²) in [6.07, 6.45) is 0. The molecule has 1 N–H and O–H groups in total. The average Bonchev–Trinajstić information content (AvgIpc) is 2.10. The predicted octanol–water partition coefficient (Wildman–Crippen LogP) is 2.49. The number of benzene rings is 1. The third-order valence-corrected chi connectivity index (χ3v) is 2.38. The van der Waals surface area contributed by atoms with Gasteiger partial charge in [-0.1, -0.05) is 24.3 Å². The van der Waals surface area contributed by atoms with Gasteiger partial charge in [0.05, 0.1) is 0 Å². The molecule has 0 spiro atoms. The van der Waals surface area contributed by atoms with Gasteiger partial charge in [-0.2, -0.15) is 0 Å². The Kier molecular flexibility index (Phi) is 3.57. The minimum absolute atomic E-state index is 0.271. The van der Waals surface area contributed by atoms with E-state index in [2.05, 4.69) is 24.4 Å². The Morgan fingerprint density at radius 3 is 2.58 bits per heavy atom. The molecule has 0 heterocycles. The first-order valence-corrected chi connectivity index (χ1v) is 4.61. The Labute approximate surface area is 78.7 Å². The molecule has 0 fully saturated rings. The third kappa shape index (κ3) is 1.99. The van der Waals surface area contributed by atoms with Crippen molar-refractivity contribution in [2.75, 3.05) is 12.9 Å². The summed E-state index contributed by atoms with van der Waals surface area (Å²) >= 11 is 5.81. The molecule has 0 amide bonds. The maximum atomic E-state index is 5.81. The number of hydrogen-bond donors (Lipinski definition) is 1. The van der Waals surface area contributed by atoms with Crippen LogP contribution < -0.4 is 5.32 Å². The van der Waals surface area contributed by atoms with Crippen LogP contribution in [-0.2, 0) is 0 Å². The summed E-state index contributed by atoms with van der Waals surface area (Å²) in [6.45, 7) is 2.10. The van der Waals surface area contributed by atoms with Crippen molar-refractivity contribution < 1.29 is 0 Å². The number of alkyl halides is 1. The summed E-state index contributed by atoms with van der Waals surface area (Å²) in [5.41, 5.74) is 2.58. The van der Waals surface area contributed by atoms with E-state index in [9.17, 15) is 0 Å². The first-order chi connectivity index (χ1) is 5.79. The Morgan fingerprint density at radius 2 is 2.08 bits per heavy atom. The third-order valence-electron chi connectivity index (χ3n) is 2.07. The van der Waals surface area contributed by atoms with Gasteiger partial charge in [0, 0.05) is 11.9 Å². The fourth-order valence-corrected chi connectivity index (χ4v) is 1.61. The zero-order chi connectivity index (χ0) is 8.97. The fourth-order valence-electron chi connectivity index (χ4n) is 1.29. The molecule has 0 aromatic heterocycles. The maximum Gasteiger partial charge on any atom is 0.0457 e. The molecular formula is C10H14ClN. The van der Waals surface area contributed by atoms with Gasteiger partial charge < -0.3 is 5.32 Å². The summed E-state index contributed by atoms with van der Waals surface area (Å²) in [7, 11) is 1.93. The SMILES string of the molecule is CNC(CCl)c1ccccc1C. The standard InChI is InChI=1S/C10H14ClN/c1-8-5-3-4-6-9(8)10(7-11)12-2/h3-6,10,12H,7H2,1-2H3. The lowest BCUT2D eigenvalue weighted by atomic mass is 10.0. The molecule has 66 valence electrons. The van der Waals surface area contributed by atoms with Crippen LogP contribution in [0.1, 0.15) is 17.2 Å². The second kappa shape index (κ2) is 4.48. The van der Waals surface area contributed by atoms with Gasteiger partial charge in [0.15, 0.2) is 0 Å². The normalized spacial score (nSPS) is 12.9. The molecule has 2 heteroatoms. The maximum absolute atomic E-state index is 5.81. The van der Waals surface area contributed by atoms with Gasteiger partial charge in [-0.05, 0) is 25.1 Å². The quantitative estimate of drug-likeness (QED) is 0.711. The lowest BCUT2D eigenvalue weighted by Crippen LogP contribution is -2.18. The van der Waals surface area contributed by atoms with E-state index in [1.165, 1.54) is 11.1 Å². The monoisotopic (exact) mass is 183 g/mol. The number of aryl methyl sites for hydroxylation is 1. The Hall–Kier alpha value is -0.530. The van der Waals surface area contributed by atoms with E-state index < -0.39 is 0 Å². The molecule has 0 aliphatic heterocycles. The number of hydrogen-bond acceptors (Lipinski definition) is 1. The minimum Gasteiger partial charge on any atom is -0.312 e. The summed E-state index contributed by atoms with van der Waals surface area (Å²) in [5, 5.41) is 3.18. The molecule has 0 saturated carbocycles. The molecule has 0 aliphatic carbocycles. The fraction of sp³-hybridized carbons (Fsp3) is 0.400. The highest BCUT2D eigenvalue weighted by Crippen LogP contribution is 2.17. The van der Waals surface area contributed by atoms with Crippen LogP contribution in [0.25, 0.3) is 0 Å². The molecule has 0 radical (unpaired) electrons. The molecule has 0 saturated heterocycles. The molecule has 0 aliphatic rings. The van der Waals surface area contributed by atoms with E-state index in [4.69, 9.17) is 11.6 Å². The Balaban J connectivity index is 2.92. The van der Waals surface area contributed by atoms with Gasteiger partial charge in [-0.3, -0.25) is 0 Å². The van der Waals surface area contributed by atoms with Gasteiger partial charge in [-0.15, -0.1) is 11.6 Å². The molecule has 1 aromatic rings. The number of halogens is 1. The summed E-state index contributed by atoms with van der Waals surface area (Å²) in [5.74, 6) is 0.612. The van der Waals surface area contributed by atoms with Gasteiger partial charge >= 0.3 is 0 Å². The van der Waals surface area contributed by atoms with E-state index in [-0.39, 0.29) is 6.04 Å². The molecule has 1 rings (SSSR count). The van der Waals surface area contributed by atoms with Crippen molar-refractivity contribution in [2.24, 2.45) is 0 Å². The van der Waals surface area contributed by atoms with E-state index in [1.54, 1.807) is 0 Å². The lowest BCUT2D eigenvalue weighted by molar-refractivity contribution is 0.654. The Bertz CT molecular complexity index is 243. The van der Waals surface area contributed by atoms with E-state index >= 15 is 0 Å². The molecule has 1 unspecified atom stereocenters. The zero-order valence-corrected chi connectivity index (χ0v) is 8.23. The van der Waals surface area contributed by atoms with Crippen LogP contribution in [0, 0.1) is 6.92 Å². The molecule has 0 bridgehead atoms. The highest BCUT2D eigenvalue weighted by molar-refractivity contribution is 6.18. The first-order valence-electron chi connectivity index (χ1n) is 4.08. The highest BCUT2D eigenvalue weighted by atomic mass is 35.5. The van der Waals surface area contributed by atoms with E-state index in [0.717, 1.165) is 0 Å². The van der Waals surface area contributed by atoms with Crippen LogP contribution in [0.4, 0.5) is 0 Å². The first kappa shape index (κ1) is 9.56. The van der Waals surface area contributed by atoms with Crippen LogP contribution >= 0.6 is 11.6 Å². The van der Waals surface area contributed by atoms with Crippen molar-refractivity contribution in [3.8, 4) is 0 Å². The zero-order valence-electron chi connectivity index (χ0n) is 7.47. The number of rotatable bonds is 3. The predicted molar refractivity (Wildman–Crippen MR) is 53.7 cm³/mol. The molecule has 1 nitrogen and oxygen atoms in total. The van der Waals surface area contributed by atoms with Crippen molar-refractivity contribution in [2.45, 2.75) is 13.0 Å². The van der Waals surface area contributed by atoms with Gasteiger partial charge in [0.1, 0.15) is 0 Å². The molecular weight excluding hydrogens is 170 g/mol. The second-order valence-corrected chi connectivity index (χ2v) is 3.16. The van der Waals surface area contributed by atoms with Crippen molar-refractivity contribution >= 4 is 11.6 Å². The molecule has 1 aromatic carbocycles. The summed E-state index contributed by atoms with van der Waals surface area (Å²) in [6, 6.07) is 8.57. The summed E-state index contributed by atoms with van der Waals surface area (Å²) in [4.78, 5) is 0. The van der Waals surface area contributed by atoms with Crippen molar-refractivity contribution in [1.29, 1.82) is 0 Å². The largest absolute Gasteiger partial charge is 0.312 e. The molecule has 1 atom stereocenters. The van der Waals surface area contributed by atoms with Gasteiger partial charge in [-0.25, -0.2) is 0 Å². The lowest BCUT2D eigenvalue weighted by Gasteiger charge is -2.15. The highest BCUT2D eigenvalue weighted by Gasteiger charge is 2.08. The van der Waals surface area contributed by atoms with Gasteiger partial charge in [0.25, 0.3) is 0 Å². The van der Waals surface area contributed by atoms with E-state index in [0.29, 0.717) is 5.88 Å². The average molecular weight is 184 g/mol.